The molecule has 2 amide bonds. The molecule has 28 heavy (non-hydrogen) atoms. The highest BCUT2D eigenvalue weighted by Crippen LogP contribution is 2.22. The first-order valence-electron chi connectivity index (χ1n) is 9.64. The zero-order valence-corrected chi connectivity index (χ0v) is 16.0. The zero-order chi connectivity index (χ0) is 19.5. The average molecular weight is 383 g/mol. The van der Waals surface area contributed by atoms with Gasteiger partial charge in [0.1, 0.15) is 0 Å². The number of rotatable bonds is 6. The van der Waals surface area contributed by atoms with Crippen LogP contribution in [0.25, 0.3) is 5.69 Å². The van der Waals surface area contributed by atoms with Crippen LogP contribution in [0.1, 0.15) is 23.3 Å². The van der Waals surface area contributed by atoms with Gasteiger partial charge in [0.05, 0.1) is 25.5 Å². The van der Waals surface area contributed by atoms with E-state index in [0.29, 0.717) is 50.2 Å². The summed E-state index contributed by atoms with van der Waals surface area (Å²) >= 11 is 0. The zero-order valence-electron chi connectivity index (χ0n) is 16.0. The molecule has 4 rings (SSSR count). The van der Waals surface area contributed by atoms with Crippen LogP contribution in [-0.2, 0) is 4.79 Å². The van der Waals surface area contributed by atoms with E-state index < -0.39 is 0 Å². The number of amides is 2. The van der Waals surface area contributed by atoms with Crippen molar-refractivity contribution >= 4 is 11.8 Å². The Kier molecular flexibility index (Phi) is 5.29. The molecule has 2 heterocycles. The highest BCUT2D eigenvalue weighted by molar-refractivity contribution is 5.95. The number of hydrogen-bond donors (Lipinski definition) is 1. The van der Waals surface area contributed by atoms with Crippen molar-refractivity contribution < 1.29 is 14.3 Å². The molecule has 148 valence electrons. The van der Waals surface area contributed by atoms with E-state index in [4.69, 9.17) is 4.74 Å². The number of nitrogens with zero attached hydrogens (tertiary/aromatic N) is 4. The Bertz CT molecular complexity index is 839. The van der Waals surface area contributed by atoms with Crippen LogP contribution in [0.2, 0.25) is 0 Å². The molecular weight excluding hydrogens is 358 g/mol. The van der Waals surface area contributed by atoms with Gasteiger partial charge in [0, 0.05) is 32.2 Å². The number of aromatic nitrogens is 2. The third-order valence-electron chi connectivity index (χ3n) is 5.09. The van der Waals surface area contributed by atoms with Gasteiger partial charge in [-0.1, -0.05) is 18.2 Å². The molecule has 2 aliphatic rings. The molecule has 0 spiro atoms. The van der Waals surface area contributed by atoms with Crippen molar-refractivity contribution in [1.82, 2.24) is 24.9 Å². The maximum absolute atomic E-state index is 13.0. The number of piperazine rings is 1. The number of para-hydroxylation sites is 1. The molecule has 1 aliphatic heterocycles. The third kappa shape index (κ3) is 4.17. The number of nitrogens with one attached hydrogen (secondary N) is 1. The van der Waals surface area contributed by atoms with E-state index in [-0.39, 0.29) is 11.8 Å². The van der Waals surface area contributed by atoms with Gasteiger partial charge < -0.3 is 15.0 Å². The first-order valence-corrected chi connectivity index (χ1v) is 9.64. The summed E-state index contributed by atoms with van der Waals surface area (Å²) in [5.74, 6) is 0.388. The number of carbonyl (C=O) groups excluding carboxylic acids is 2. The molecular formula is C20H25N5O3. The second-order valence-corrected chi connectivity index (χ2v) is 7.24. The molecule has 1 aromatic heterocycles. The molecule has 8 heteroatoms. The van der Waals surface area contributed by atoms with Gasteiger partial charge in [-0.05, 0) is 25.0 Å². The number of benzene rings is 1. The van der Waals surface area contributed by atoms with Crippen molar-refractivity contribution in [3.63, 3.8) is 0 Å². The molecule has 8 nitrogen and oxygen atoms in total. The van der Waals surface area contributed by atoms with E-state index in [2.05, 4.69) is 15.3 Å². The minimum absolute atomic E-state index is 0.0746. The fraction of sp³-hybridized carbons (Fsp3) is 0.450. The standard InChI is InChI=1S/C20H25N5O3/c1-28-17-13-25(16-5-3-2-4-6-16)22-19(17)20(27)24-11-9-23(10-12-24)14-18(26)21-15-7-8-15/h2-6,13,15H,7-12,14H2,1H3,(H,21,26). The molecule has 0 radical (unpaired) electrons. The molecule has 1 N–H and O–H groups in total. The first-order chi connectivity index (χ1) is 13.6. The normalized spacial score (nSPS) is 17.4. The topological polar surface area (TPSA) is 79.7 Å². The molecule has 0 unspecified atom stereocenters. The van der Waals surface area contributed by atoms with Crippen LogP contribution in [0.3, 0.4) is 0 Å². The van der Waals surface area contributed by atoms with Crippen molar-refractivity contribution in [2.45, 2.75) is 18.9 Å². The predicted molar refractivity (Wildman–Crippen MR) is 104 cm³/mol. The smallest absolute Gasteiger partial charge is 0.278 e. The quantitative estimate of drug-likeness (QED) is 0.802. The lowest BCUT2D eigenvalue weighted by Crippen LogP contribution is -2.51. The average Bonchev–Trinajstić information content (AvgIpc) is 3.42. The van der Waals surface area contributed by atoms with Crippen molar-refractivity contribution in [2.24, 2.45) is 0 Å². The highest BCUT2D eigenvalue weighted by Gasteiger charge is 2.29. The molecule has 1 saturated carbocycles. The molecule has 1 saturated heterocycles. The predicted octanol–water partition coefficient (Wildman–Crippen LogP) is 0.917. The van der Waals surface area contributed by atoms with Crippen molar-refractivity contribution in [1.29, 1.82) is 0 Å². The second kappa shape index (κ2) is 8.02. The second-order valence-electron chi connectivity index (χ2n) is 7.24. The Morgan fingerprint density at radius 1 is 1.14 bits per heavy atom. The maximum Gasteiger partial charge on any atom is 0.278 e. The van der Waals surface area contributed by atoms with Gasteiger partial charge in [0.2, 0.25) is 5.91 Å². The summed E-state index contributed by atoms with van der Waals surface area (Å²) < 4.78 is 7.04. The van der Waals surface area contributed by atoms with Crippen LogP contribution >= 0.6 is 0 Å². The van der Waals surface area contributed by atoms with E-state index >= 15 is 0 Å². The van der Waals surface area contributed by atoms with Gasteiger partial charge in [-0.2, -0.15) is 5.10 Å². The van der Waals surface area contributed by atoms with Crippen LogP contribution < -0.4 is 10.1 Å². The van der Waals surface area contributed by atoms with Crippen LogP contribution in [-0.4, -0.2) is 77.3 Å². The fourth-order valence-corrected chi connectivity index (χ4v) is 3.33. The Balaban J connectivity index is 1.38. The summed E-state index contributed by atoms with van der Waals surface area (Å²) in [6, 6.07) is 9.99. The van der Waals surface area contributed by atoms with E-state index in [9.17, 15) is 9.59 Å². The molecule has 0 bridgehead atoms. The highest BCUT2D eigenvalue weighted by atomic mass is 16.5. The van der Waals surface area contributed by atoms with Gasteiger partial charge in [0.15, 0.2) is 11.4 Å². The maximum atomic E-state index is 13.0. The third-order valence-corrected chi connectivity index (χ3v) is 5.09. The lowest BCUT2D eigenvalue weighted by atomic mass is 10.2. The van der Waals surface area contributed by atoms with Crippen molar-refractivity contribution in [3.8, 4) is 11.4 Å². The van der Waals surface area contributed by atoms with Crippen molar-refractivity contribution in [2.75, 3.05) is 39.8 Å². The minimum Gasteiger partial charge on any atom is -0.493 e. The summed E-state index contributed by atoms with van der Waals surface area (Å²) in [5, 5.41) is 7.46. The minimum atomic E-state index is -0.145. The van der Waals surface area contributed by atoms with Gasteiger partial charge in [0.25, 0.3) is 5.91 Å². The lowest BCUT2D eigenvalue weighted by Gasteiger charge is -2.34. The first kappa shape index (κ1) is 18.5. The Labute approximate surface area is 164 Å². The number of carbonyl (C=O) groups is 2. The molecule has 1 aromatic carbocycles. The van der Waals surface area contributed by atoms with Gasteiger partial charge in [-0.3, -0.25) is 14.5 Å². The van der Waals surface area contributed by atoms with E-state index in [0.717, 1.165) is 18.5 Å². The van der Waals surface area contributed by atoms with Crippen molar-refractivity contribution in [3.05, 3.63) is 42.2 Å². The summed E-state index contributed by atoms with van der Waals surface area (Å²) in [4.78, 5) is 28.8. The molecule has 0 atom stereocenters. The Morgan fingerprint density at radius 2 is 1.86 bits per heavy atom. The summed E-state index contributed by atoms with van der Waals surface area (Å²) in [6.07, 6.45) is 3.90. The fourth-order valence-electron chi connectivity index (χ4n) is 3.33. The van der Waals surface area contributed by atoms with Crippen LogP contribution in [0.4, 0.5) is 0 Å². The molecule has 2 aromatic rings. The van der Waals surface area contributed by atoms with Crippen LogP contribution in [0, 0.1) is 0 Å². The molecule has 2 fully saturated rings. The van der Waals surface area contributed by atoms with Crippen LogP contribution in [0.5, 0.6) is 5.75 Å². The van der Waals surface area contributed by atoms with Gasteiger partial charge in [-0.15, -0.1) is 0 Å². The largest absolute Gasteiger partial charge is 0.493 e. The number of methoxy groups -OCH3 is 1. The summed E-state index contributed by atoms with van der Waals surface area (Å²) in [6.45, 7) is 2.87. The van der Waals surface area contributed by atoms with E-state index in [1.807, 2.05) is 30.3 Å². The monoisotopic (exact) mass is 383 g/mol. The Hall–Kier alpha value is -2.87. The van der Waals surface area contributed by atoms with Gasteiger partial charge >= 0.3 is 0 Å². The SMILES string of the molecule is COc1cn(-c2ccccc2)nc1C(=O)N1CCN(CC(=O)NC2CC2)CC1. The summed E-state index contributed by atoms with van der Waals surface area (Å²) in [5.41, 5.74) is 1.18. The van der Waals surface area contributed by atoms with Gasteiger partial charge in [-0.25, -0.2) is 4.68 Å². The molecule has 1 aliphatic carbocycles. The number of ether oxygens (including phenoxy) is 1. The Morgan fingerprint density at radius 3 is 2.50 bits per heavy atom. The summed E-state index contributed by atoms with van der Waals surface area (Å²) in [7, 11) is 1.54. The number of hydrogen-bond acceptors (Lipinski definition) is 5. The van der Waals surface area contributed by atoms with E-state index in [1.54, 1.807) is 22.9 Å². The van der Waals surface area contributed by atoms with Crippen LogP contribution in [0.15, 0.2) is 36.5 Å². The lowest BCUT2D eigenvalue weighted by molar-refractivity contribution is -0.122. The van der Waals surface area contributed by atoms with E-state index in [1.165, 1.54) is 0 Å².